The summed E-state index contributed by atoms with van der Waals surface area (Å²) in [5.41, 5.74) is 2.82. The molecule has 1 aliphatic rings. The minimum atomic E-state index is -0.825. The predicted molar refractivity (Wildman–Crippen MR) is 107 cm³/mol. The van der Waals surface area contributed by atoms with Crippen molar-refractivity contribution in [1.29, 1.82) is 0 Å². The average molecular weight is 391 g/mol. The quantitative estimate of drug-likeness (QED) is 0.739. The summed E-state index contributed by atoms with van der Waals surface area (Å²) in [6, 6.07) is 16.1. The fourth-order valence-electron chi connectivity index (χ4n) is 3.40. The largest absolute Gasteiger partial charge is 0.489 e. The van der Waals surface area contributed by atoms with Crippen molar-refractivity contribution in [2.45, 2.75) is 19.4 Å². The van der Waals surface area contributed by atoms with Crippen LogP contribution in [-0.4, -0.2) is 36.7 Å². The summed E-state index contributed by atoms with van der Waals surface area (Å²) in [6.45, 7) is 1.95. The van der Waals surface area contributed by atoms with Crippen molar-refractivity contribution in [3.05, 3.63) is 77.2 Å². The molecule has 7 heteroatoms. The van der Waals surface area contributed by atoms with Crippen LogP contribution in [0, 0.1) is 6.92 Å². The fraction of sp³-hybridized carbons (Fsp3) is 0.227. The van der Waals surface area contributed by atoms with E-state index in [1.165, 1.54) is 4.90 Å². The predicted octanol–water partition coefficient (Wildman–Crippen LogP) is 2.73. The Morgan fingerprint density at radius 1 is 1.21 bits per heavy atom. The van der Waals surface area contributed by atoms with Gasteiger partial charge in [0, 0.05) is 19.5 Å². The number of nitrogens with one attached hydrogen (secondary N) is 1. The molecule has 0 radical (unpaired) electrons. The molecule has 2 heterocycles. The maximum atomic E-state index is 12.9. The number of amides is 2. The third-order valence-electron chi connectivity index (χ3n) is 4.89. The fourth-order valence-corrected chi connectivity index (χ4v) is 3.40. The Bertz CT molecular complexity index is 1050. The lowest BCUT2D eigenvalue weighted by Gasteiger charge is -2.21. The second-order valence-corrected chi connectivity index (χ2v) is 7.00. The molecule has 1 aromatic heterocycles. The Hall–Kier alpha value is -3.61. The zero-order valence-electron chi connectivity index (χ0n) is 16.2. The molecule has 0 aliphatic carbocycles. The highest BCUT2D eigenvalue weighted by molar-refractivity contribution is 6.03. The molecular formula is C22H21N3O4. The Labute approximate surface area is 168 Å². The van der Waals surface area contributed by atoms with Gasteiger partial charge in [-0.2, -0.15) is 0 Å². The van der Waals surface area contributed by atoms with Crippen LogP contribution in [0.1, 0.15) is 27.4 Å². The Morgan fingerprint density at radius 3 is 2.79 bits per heavy atom. The molecule has 29 heavy (non-hydrogen) atoms. The number of anilines is 1. The Balaban J connectivity index is 1.46. The van der Waals surface area contributed by atoms with Gasteiger partial charge in [-0.05, 0) is 24.1 Å². The molecular weight excluding hydrogens is 370 g/mol. The van der Waals surface area contributed by atoms with Gasteiger partial charge in [0.2, 0.25) is 0 Å². The third kappa shape index (κ3) is 3.85. The molecule has 148 valence electrons. The van der Waals surface area contributed by atoms with E-state index in [1.54, 1.807) is 13.1 Å². The Kier molecular flexibility index (Phi) is 5.03. The SMILES string of the molecule is Cc1cccc2c1N(C)C(=O)C(NC(=O)c1cc(Cc3ccccc3)on1)CO2. The van der Waals surface area contributed by atoms with Crippen LogP contribution >= 0.6 is 0 Å². The number of para-hydroxylation sites is 1. The molecule has 1 unspecified atom stereocenters. The molecule has 0 fully saturated rings. The van der Waals surface area contributed by atoms with E-state index in [0.29, 0.717) is 23.6 Å². The molecule has 3 aromatic rings. The van der Waals surface area contributed by atoms with Crippen LogP contribution in [0.2, 0.25) is 0 Å². The zero-order chi connectivity index (χ0) is 20.4. The molecule has 4 rings (SSSR count). The highest BCUT2D eigenvalue weighted by atomic mass is 16.5. The van der Waals surface area contributed by atoms with Gasteiger partial charge in [0.25, 0.3) is 11.8 Å². The minimum Gasteiger partial charge on any atom is -0.489 e. The number of aryl methyl sites for hydroxylation is 1. The standard InChI is InChI=1S/C22H21N3O4/c1-14-7-6-10-19-20(14)25(2)22(27)18(13-28-19)23-21(26)17-12-16(29-24-17)11-15-8-4-3-5-9-15/h3-10,12,18H,11,13H2,1-2H3,(H,23,26). The molecule has 2 amide bonds. The number of carbonyl (C=O) groups excluding carboxylic acids is 2. The van der Waals surface area contributed by atoms with Gasteiger partial charge in [0.15, 0.2) is 5.69 Å². The van der Waals surface area contributed by atoms with Gasteiger partial charge in [-0.25, -0.2) is 0 Å². The van der Waals surface area contributed by atoms with Crippen LogP contribution in [0.4, 0.5) is 5.69 Å². The molecule has 1 atom stereocenters. The van der Waals surface area contributed by atoms with E-state index in [-0.39, 0.29) is 18.2 Å². The summed E-state index contributed by atoms with van der Waals surface area (Å²) < 4.78 is 11.1. The first-order valence-corrected chi connectivity index (χ1v) is 9.33. The smallest absolute Gasteiger partial charge is 0.274 e. The first kappa shape index (κ1) is 18.7. The van der Waals surface area contributed by atoms with Gasteiger partial charge in [0.1, 0.15) is 24.2 Å². The number of hydrogen-bond acceptors (Lipinski definition) is 5. The number of rotatable bonds is 4. The Morgan fingerprint density at radius 2 is 2.00 bits per heavy atom. The second-order valence-electron chi connectivity index (χ2n) is 7.00. The summed E-state index contributed by atoms with van der Waals surface area (Å²) in [5, 5.41) is 6.56. The monoisotopic (exact) mass is 391 g/mol. The number of carbonyl (C=O) groups is 2. The molecule has 0 spiro atoms. The summed E-state index contributed by atoms with van der Waals surface area (Å²) in [4.78, 5) is 27.0. The van der Waals surface area contributed by atoms with E-state index in [4.69, 9.17) is 9.26 Å². The third-order valence-corrected chi connectivity index (χ3v) is 4.89. The lowest BCUT2D eigenvalue weighted by Crippen LogP contribution is -2.49. The first-order chi connectivity index (χ1) is 14.0. The van der Waals surface area contributed by atoms with Gasteiger partial charge in [0.05, 0.1) is 5.69 Å². The van der Waals surface area contributed by atoms with Crippen LogP contribution < -0.4 is 15.0 Å². The first-order valence-electron chi connectivity index (χ1n) is 9.33. The van der Waals surface area contributed by atoms with Crippen molar-refractivity contribution in [2.24, 2.45) is 0 Å². The van der Waals surface area contributed by atoms with Crippen LogP contribution in [0.15, 0.2) is 59.1 Å². The van der Waals surface area contributed by atoms with Crippen LogP contribution in [0.5, 0.6) is 5.75 Å². The lowest BCUT2D eigenvalue weighted by molar-refractivity contribution is -0.120. The van der Waals surface area contributed by atoms with Gasteiger partial charge in [-0.1, -0.05) is 47.6 Å². The molecule has 7 nitrogen and oxygen atoms in total. The number of likely N-dealkylation sites (N-methyl/N-ethyl adjacent to an activating group) is 1. The maximum Gasteiger partial charge on any atom is 0.274 e. The maximum absolute atomic E-state index is 12.9. The number of hydrogen-bond donors (Lipinski definition) is 1. The van der Waals surface area contributed by atoms with Crippen molar-refractivity contribution in [1.82, 2.24) is 10.5 Å². The van der Waals surface area contributed by atoms with E-state index in [2.05, 4.69) is 10.5 Å². The summed E-state index contributed by atoms with van der Waals surface area (Å²) in [7, 11) is 1.68. The van der Waals surface area contributed by atoms with Crippen molar-refractivity contribution < 1.29 is 18.8 Å². The molecule has 2 aromatic carbocycles. The average Bonchev–Trinajstić information content (AvgIpc) is 3.15. The van der Waals surface area contributed by atoms with Crippen molar-refractivity contribution in [2.75, 3.05) is 18.6 Å². The summed E-state index contributed by atoms with van der Waals surface area (Å²) in [6.07, 6.45) is 0.532. The lowest BCUT2D eigenvalue weighted by atomic mass is 10.1. The second kappa shape index (κ2) is 7.79. The summed E-state index contributed by atoms with van der Waals surface area (Å²) >= 11 is 0. The topological polar surface area (TPSA) is 84.7 Å². The zero-order valence-corrected chi connectivity index (χ0v) is 16.2. The number of ether oxygens (including phenoxy) is 1. The van der Waals surface area contributed by atoms with Gasteiger partial charge in [-0.15, -0.1) is 0 Å². The highest BCUT2D eigenvalue weighted by Crippen LogP contribution is 2.33. The molecule has 0 saturated heterocycles. The van der Waals surface area contributed by atoms with Crippen molar-refractivity contribution >= 4 is 17.5 Å². The summed E-state index contributed by atoms with van der Waals surface area (Å²) in [5.74, 6) is 0.458. The van der Waals surface area contributed by atoms with E-state index in [1.807, 2.05) is 55.5 Å². The van der Waals surface area contributed by atoms with Gasteiger partial charge in [-0.3, -0.25) is 9.59 Å². The van der Waals surface area contributed by atoms with Gasteiger partial charge >= 0.3 is 0 Å². The van der Waals surface area contributed by atoms with E-state index in [0.717, 1.165) is 11.1 Å². The van der Waals surface area contributed by atoms with Crippen LogP contribution in [0.25, 0.3) is 0 Å². The van der Waals surface area contributed by atoms with Crippen LogP contribution in [0.3, 0.4) is 0 Å². The molecule has 1 N–H and O–H groups in total. The van der Waals surface area contributed by atoms with E-state index in [9.17, 15) is 9.59 Å². The molecule has 1 aliphatic heterocycles. The van der Waals surface area contributed by atoms with Crippen molar-refractivity contribution in [3.63, 3.8) is 0 Å². The van der Waals surface area contributed by atoms with Crippen molar-refractivity contribution in [3.8, 4) is 5.75 Å². The molecule has 0 saturated carbocycles. The number of fused-ring (bicyclic) bond motifs is 1. The molecule has 0 bridgehead atoms. The number of aromatic nitrogens is 1. The number of benzene rings is 2. The van der Waals surface area contributed by atoms with E-state index >= 15 is 0 Å². The highest BCUT2D eigenvalue weighted by Gasteiger charge is 2.32. The van der Waals surface area contributed by atoms with Gasteiger partial charge < -0.3 is 19.5 Å². The number of nitrogens with zero attached hydrogens (tertiary/aromatic N) is 2. The van der Waals surface area contributed by atoms with E-state index < -0.39 is 11.9 Å². The normalized spacial score (nSPS) is 16.0. The van der Waals surface area contributed by atoms with Crippen LogP contribution in [-0.2, 0) is 11.2 Å². The minimum absolute atomic E-state index is 0.0418.